The van der Waals surface area contributed by atoms with E-state index >= 15 is 0 Å². The number of benzene rings is 2. The zero-order chi connectivity index (χ0) is 29.4. The topological polar surface area (TPSA) is 126 Å². The van der Waals surface area contributed by atoms with Gasteiger partial charge in [-0.2, -0.15) is 4.31 Å². The lowest BCUT2D eigenvalue weighted by molar-refractivity contribution is -0.0440. The first-order chi connectivity index (χ1) is 19.4. The third kappa shape index (κ3) is 6.63. The number of hydrogen-bond donors (Lipinski definition) is 0. The van der Waals surface area contributed by atoms with E-state index in [1.807, 2.05) is 13.8 Å². The summed E-state index contributed by atoms with van der Waals surface area (Å²) in [4.78, 5) is 22.4. The molecule has 0 saturated carbocycles. The number of morpholine rings is 2. The predicted molar refractivity (Wildman–Crippen MR) is 157 cm³/mol. The third-order valence-electron chi connectivity index (χ3n) is 7.11. The smallest absolute Gasteiger partial charge is 0.260 e. The molecule has 2 atom stereocenters. The van der Waals surface area contributed by atoms with E-state index in [0.29, 0.717) is 47.2 Å². The molecule has 1 amide bonds. The predicted octanol–water partition coefficient (Wildman–Crippen LogP) is 2.48. The van der Waals surface area contributed by atoms with Gasteiger partial charge >= 0.3 is 0 Å². The molecule has 5 rings (SSSR count). The van der Waals surface area contributed by atoms with Crippen LogP contribution in [0.25, 0.3) is 10.2 Å². The molecule has 0 spiro atoms. The molecule has 0 aliphatic carbocycles. The lowest BCUT2D eigenvalue weighted by Crippen LogP contribution is -2.48. The zero-order valence-corrected chi connectivity index (χ0v) is 25.7. The number of thiazole rings is 1. The van der Waals surface area contributed by atoms with Crippen molar-refractivity contribution in [1.82, 2.24) is 14.2 Å². The minimum absolute atomic E-state index is 0.105. The maximum atomic E-state index is 13.9. The maximum Gasteiger partial charge on any atom is 0.260 e. The number of sulfone groups is 1. The van der Waals surface area contributed by atoms with Gasteiger partial charge in [-0.3, -0.25) is 14.6 Å². The van der Waals surface area contributed by atoms with E-state index in [4.69, 9.17) is 9.47 Å². The van der Waals surface area contributed by atoms with E-state index in [2.05, 4.69) is 9.88 Å². The third-order valence-corrected chi connectivity index (χ3v) is 11.1. The van der Waals surface area contributed by atoms with Crippen molar-refractivity contribution in [3.05, 3.63) is 48.0 Å². The van der Waals surface area contributed by atoms with E-state index in [-0.39, 0.29) is 41.0 Å². The first-order valence-corrected chi connectivity index (χ1v) is 17.6. The molecule has 2 saturated heterocycles. The quantitative estimate of drug-likeness (QED) is 0.372. The van der Waals surface area contributed by atoms with Gasteiger partial charge in [0.25, 0.3) is 5.91 Å². The van der Waals surface area contributed by atoms with Crippen LogP contribution in [0.1, 0.15) is 24.2 Å². The second kappa shape index (κ2) is 12.0. The van der Waals surface area contributed by atoms with E-state index in [9.17, 15) is 21.6 Å². The number of aromatic nitrogens is 1. The van der Waals surface area contributed by atoms with Crippen molar-refractivity contribution in [3.63, 3.8) is 0 Å². The Bertz CT molecular complexity index is 1610. The first-order valence-electron chi connectivity index (χ1n) is 13.4. The zero-order valence-electron chi connectivity index (χ0n) is 23.2. The molecule has 2 unspecified atom stereocenters. The van der Waals surface area contributed by atoms with Crippen molar-refractivity contribution in [2.24, 2.45) is 0 Å². The highest BCUT2D eigenvalue weighted by molar-refractivity contribution is 7.91. The van der Waals surface area contributed by atoms with Gasteiger partial charge in [0.2, 0.25) is 10.0 Å². The second-order valence-corrected chi connectivity index (χ2v) is 15.3. The van der Waals surface area contributed by atoms with Crippen LogP contribution in [-0.4, -0.2) is 108 Å². The van der Waals surface area contributed by atoms with Crippen molar-refractivity contribution in [1.29, 1.82) is 0 Å². The number of fused-ring (bicyclic) bond motifs is 1. The molecule has 2 aliphatic rings. The Morgan fingerprint density at radius 2 is 1.68 bits per heavy atom. The Labute approximate surface area is 244 Å². The van der Waals surface area contributed by atoms with Crippen molar-refractivity contribution in [2.75, 3.05) is 63.6 Å². The monoisotopic (exact) mass is 622 g/mol. The van der Waals surface area contributed by atoms with E-state index in [1.165, 1.54) is 46.0 Å². The number of amides is 1. The fourth-order valence-corrected chi connectivity index (χ4v) is 8.58. The van der Waals surface area contributed by atoms with Gasteiger partial charge in [-0.05, 0) is 50.2 Å². The molecular weight excluding hydrogens is 589 g/mol. The number of nitrogens with zero attached hydrogens (tertiary/aromatic N) is 4. The number of sulfonamides is 1. The Balaban J connectivity index is 1.44. The molecule has 2 aromatic carbocycles. The Morgan fingerprint density at radius 1 is 1.02 bits per heavy atom. The van der Waals surface area contributed by atoms with E-state index < -0.39 is 19.9 Å². The minimum Gasteiger partial charge on any atom is -0.379 e. The normalized spacial score (nSPS) is 21.2. The SMILES string of the molecule is CC1CN(S(=O)(=O)c2ccc(C(=O)N(CCN3CCOCC3)c3nc4c(S(C)(=O)=O)cccc4s3)cc2)CC(C)O1. The number of carbonyl (C=O) groups excluding carboxylic acids is 1. The summed E-state index contributed by atoms with van der Waals surface area (Å²) in [6, 6.07) is 10.9. The lowest BCUT2D eigenvalue weighted by Gasteiger charge is -2.34. The van der Waals surface area contributed by atoms with Crippen molar-refractivity contribution in [3.8, 4) is 0 Å². The highest BCUT2D eigenvalue weighted by Gasteiger charge is 2.32. The molecule has 0 radical (unpaired) electrons. The van der Waals surface area contributed by atoms with Crippen LogP contribution in [0.2, 0.25) is 0 Å². The van der Waals surface area contributed by atoms with Crippen LogP contribution in [0.4, 0.5) is 5.13 Å². The number of rotatable bonds is 8. The average Bonchev–Trinajstić information content (AvgIpc) is 3.36. The minimum atomic E-state index is -3.76. The molecule has 3 heterocycles. The fraction of sp³-hybridized carbons (Fsp3) is 0.481. The molecular formula is C27H34N4O7S3. The van der Waals surface area contributed by atoms with Gasteiger partial charge in [-0.25, -0.2) is 21.8 Å². The van der Waals surface area contributed by atoms with Crippen LogP contribution in [0.5, 0.6) is 0 Å². The molecule has 222 valence electrons. The average molecular weight is 623 g/mol. The Kier molecular flexibility index (Phi) is 8.81. The van der Waals surface area contributed by atoms with Crippen molar-refractivity contribution >= 4 is 52.5 Å². The van der Waals surface area contributed by atoms with Crippen LogP contribution < -0.4 is 4.90 Å². The summed E-state index contributed by atoms with van der Waals surface area (Å²) >= 11 is 1.24. The summed E-state index contributed by atoms with van der Waals surface area (Å²) in [5.74, 6) is -0.351. The Morgan fingerprint density at radius 3 is 2.32 bits per heavy atom. The molecule has 0 bridgehead atoms. The van der Waals surface area contributed by atoms with Gasteiger partial charge in [-0.1, -0.05) is 17.4 Å². The molecule has 41 heavy (non-hydrogen) atoms. The van der Waals surface area contributed by atoms with Crippen molar-refractivity contribution < 1.29 is 31.1 Å². The largest absolute Gasteiger partial charge is 0.379 e. The highest BCUT2D eigenvalue weighted by atomic mass is 32.2. The van der Waals surface area contributed by atoms with Gasteiger partial charge in [0, 0.05) is 51.1 Å². The number of hydrogen-bond acceptors (Lipinski definition) is 10. The summed E-state index contributed by atoms with van der Waals surface area (Å²) in [6.45, 7) is 7.80. The number of carbonyl (C=O) groups is 1. The summed E-state index contributed by atoms with van der Waals surface area (Å²) in [7, 11) is -7.29. The number of para-hydroxylation sites is 1. The van der Waals surface area contributed by atoms with Gasteiger partial charge in [0.1, 0.15) is 5.52 Å². The summed E-state index contributed by atoms with van der Waals surface area (Å²) in [5, 5.41) is 0.377. The second-order valence-electron chi connectivity index (χ2n) is 10.4. The fourth-order valence-electron chi connectivity index (χ4n) is 5.08. The molecule has 0 N–H and O–H groups in total. The van der Waals surface area contributed by atoms with Crippen LogP contribution >= 0.6 is 11.3 Å². The van der Waals surface area contributed by atoms with E-state index in [1.54, 1.807) is 17.0 Å². The molecule has 2 fully saturated rings. The Hall–Kier alpha value is -2.46. The summed E-state index contributed by atoms with van der Waals surface area (Å²) in [6.07, 6.45) is 0.702. The molecule has 1 aromatic heterocycles. The van der Waals surface area contributed by atoms with Gasteiger partial charge < -0.3 is 9.47 Å². The van der Waals surface area contributed by atoms with Gasteiger partial charge in [-0.15, -0.1) is 0 Å². The van der Waals surface area contributed by atoms with Crippen LogP contribution in [0.3, 0.4) is 0 Å². The number of ether oxygens (including phenoxy) is 2. The standard InChI is InChI=1S/C27H34N4O7S3/c1-19-17-30(18-20(2)38-19)41(35,36)22-9-7-21(8-10-22)26(32)31(12-11-29-13-15-37-16-14-29)27-28-25-23(39-27)5-4-6-24(25)40(3,33)34/h4-10,19-20H,11-18H2,1-3H3. The van der Waals surface area contributed by atoms with Gasteiger partial charge in [0.15, 0.2) is 15.0 Å². The molecule has 14 heteroatoms. The molecule has 11 nitrogen and oxygen atoms in total. The lowest BCUT2D eigenvalue weighted by atomic mass is 10.2. The summed E-state index contributed by atoms with van der Waals surface area (Å²) in [5.41, 5.74) is 0.631. The van der Waals surface area contributed by atoms with Crippen molar-refractivity contribution in [2.45, 2.75) is 35.8 Å². The maximum absolute atomic E-state index is 13.9. The van der Waals surface area contributed by atoms with Crippen LogP contribution in [0.15, 0.2) is 52.3 Å². The molecule has 2 aliphatic heterocycles. The first kappa shape index (κ1) is 30.0. The number of anilines is 1. The van der Waals surface area contributed by atoms with Gasteiger partial charge in [0.05, 0.1) is 39.9 Å². The highest BCUT2D eigenvalue weighted by Crippen LogP contribution is 2.33. The molecule has 3 aromatic rings. The summed E-state index contributed by atoms with van der Waals surface area (Å²) < 4.78 is 64.6. The van der Waals surface area contributed by atoms with Crippen LogP contribution in [-0.2, 0) is 29.3 Å². The van der Waals surface area contributed by atoms with E-state index in [0.717, 1.165) is 19.3 Å². The van der Waals surface area contributed by atoms with Crippen LogP contribution in [0, 0.1) is 0 Å².